The van der Waals surface area contributed by atoms with Crippen LogP contribution in [0.4, 0.5) is 0 Å². The van der Waals surface area contributed by atoms with Gasteiger partial charge in [0.15, 0.2) is 17.5 Å². The fourth-order valence-electron chi connectivity index (χ4n) is 10.6. The molecule has 0 fully saturated rings. The minimum absolute atomic E-state index is 0.555. The fraction of sp³-hybridized carbons (Fsp3) is 0.0172. The molecular weight excluding hydrogens is 739 g/mol. The summed E-state index contributed by atoms with van der Waals surface area (Å²) in [5, 5.41) is 7.67. The Morgan fingerprint density at radius 3 is 1.33 bits per heavy atom. The Morgan fingerprint density at radius 2 is 0.672 bits per heavy atom. The van der Waals surface area contributed by atoms with Crippen LogP contribution in [0.2, 0.25) is 0 Å². The van der Waals surface area contributed by atoms with E-state index in [-0.39, 0.29) is 0 Å². The zero-order chi connectivity index (χ0) is 40.1. The monoisotopic (exact) mass is 773 g/mol. The summed E-state index contributed by atoms with van der Waals surface area (Å²) < 4.78 is 0. The summed E-state index contributed by atoms with van der Waals surface area (Å²) in [5.41, 5.74) is 14.7. The van der Waals surface area contributed by atoms with E-state index in [9.17, 15) is 0 Å². The van der Waals surface area contributed by atoms with Crippen molar-refractivity contribution in [2.45, 2.75) is 5.41 Å². The van der Waals surface area contributed by atoms with E-state index in [4.69, 9.17) is 15.0 Å². The molecule has 1 aromatic heterocycles. The van der Waals surface area contributed by atoms with Crippen molar-refractivity contribution in [2.75, 3.05) is 0 Å². The number of hydrogen-bond acceptors (Lipinski definition) is 3. The first-order valence-electron chi connectivity index (χ1n) is 20.9. The highest BCUT2D eigenvalue weighted by Gasteiger charge is 2.52. The van der Waals surface area contributed by atoms with E-state index in [2.05, 4.69) is 188 Å². The molecule has 2 aliphatic rings. The van der Waals surface area contributed by atoms with E-state index in [1.165, 1.54) is 82.4 Å². The van der Waals surface area contributed by atoms with Crippen LogP contribution in [0.25, 0.3) is 99.9 Å². The van der Waals surface area contributed by atoms with Gasteiger partial charge in [-0.15, -0.1) is 0 Å². The third-order valence-electron chi connectivity index (χ3n) is 13.1. The molecule has 0 amide bonds. The summed E-state index contributed by atoms with van der Waals surface area (Å²) in [5.74, 6) is 1.94. The Morgan fingerprint density at radius 1 is 0.246 bits per heavy atom. The normalized spacial score (nSPS) is 14.6. The Labute approximate surface area is 353 Å². The molecule has 282 valence electrons. The lowest BCUT2D eigenvalue weighted by atomic mass is 9.70. The van der Waals surface area contributed by atoms with Gasteiger partial charge in [0.05, 0.1) is 5.41 Å². The number of aromatic nitrogens is 3. The number of nitrogens with zero attached hydrogens (tertiary/aromatic N) is 3. The molecule has 10 aromatic carbocycles. The molecule has 0 N–H and O–H groups in total. The number of benzene rings is 10. The van der Waals surface area contributed by atoms with Crippen molar-refractivity contribution >= 4 is 32.3 Å². The summed E-state index contributed by atoms with van der Waals surface area (Å²) in [6, 6.07) is 76.8. The molecule has 1 heterocycles. The molecule has 0 radical (unpaired) electrons. The summed E-state index contributed by atoms with van der Waals surface area (Å²) in [6.07, 6.45) is 0. The predicted molar refractivity (Wildman–Crippen MR) is 250 cm³/mol. The fourth-order valence-corrected chi connectivity index (χ4v) is 10.6. The quantitative estimate of drug-likeness (QED) is 0.167. The number of fused-ring (bicyclic) bond motifs is 16. The first-order valence-corrected chi connectivity index (χ1v) is 20.9. The second kappa shape index (κ2) is 13.0. The van der Waals surface area contributed by atoms with E-state index < -0.39 is 5.41 Å². The lowest BCUT2D eigenvalue weighted by Gasteiger charge is -2.31. The molecule has 61 heavy (non-hydrogen) atoms. The van der Waals surface area contributed by atoms with Gasteiger partial charge in [-0.05, 0) is 100 Å². The third-order valence-corrected chi connectivity index (χ3v) is 13.1. The highest BCUT2D eigenvalue weighted by atomic mass is 15.0. The maximum absolute atomic E-state index is 5.34. The first-order chi connectivity index (χ1) is 30.3. The second-order valence-corrected chi connectivity index (χ2v) is 16.2. The predicted octanol–water partition coefficient (Wildman–Crippen LogP) is 14.3. The van der Waals surface area contributed by atoms with Crippen LogP contribution in [-0.2, 0) is 5.41 Å². The van der Waals surface area contributed by atoms with Gasteiger partial charge in [0, 0.05) is 16.7 Å². The van der Waals surface area contributed by atoms with E-state index in [0.29, 0.717) is 17.5 Å². The molecule has 0 saturated heterocycles. The Hall–Kier alpha value is -8.01. The minimum atomic E-state index is -0.555. The molecule has 1 atom stereocenters. The van der Waals surface area contributed by atoms with Gasteiger partial charge in [-0.25, -0.2) is 15.0 Å². The lowest BCUT2D eigenvalue weighted by Crippen LogP contribution is -2.25. The van der Waals surface area contributed by atoms with E-state index >= 15 is 0 Å². The highest BCUT2D eigenvalue weighted by Crippen LogP contribution is 2.64. The van der Waals surface area contributed by atoms with Crippen LogP contribution in [0.3, 0.4) is 0 Å². The average Bonchev–Trinajstić information content (AvgIpc) is 3.81. The molecule has 1 unspecified atom stereocenters. The third kappa shape index (κ3) is 4.83. The maximum atomic E-state index is 5.34. The van der Waals surface area contributed by atoms with Crippen molar-refractivity contribution < 1.29 is 0 Å². The molecular formula is C58H35N3. The van der Waals surface area contributed by atoms with E-state index in [0.717, 1.165) is 22.3 Å². The Balaban J connectivity index is 1.08. The van der Waals surface area contributed by atoms with Crippen LogP contribution in [-0.4, -0.2) is 15.0 Å². The zero-order valence-corrected chi connectivity index (χ0v) is 33.0. The van der Waals surface area contributed by atoms with Gasteiger partial charge in [0.25, 0.3) is 0 Å². The zero-order valence-electron chi connectivity index (χ0n) is 33.0. The van der Waals surface area contributed by atoms with E-state index in [1.807, 2.05) is 24.3 Å². The van der Waals surface area contributed by atoms with Crippen molar-refractivity contribution in [1.29, 1.82) is 0 Å². The van der Waals surface area contributed by atoms with Gasteiger partial charge in [-0.3, -0.25) is 0 Å². The van der Waals surface area contributed by atoms with Gasteiger partial charge in [-0.1, -0.05) is 200 Å². The minimum Gasteiger partial charge on any atom is -0.208 e. The van der Waals surface area contributed by atoms with Crippen LogP contribution in [0.15, 0.2) is 212 Å². The second-order valence-electron chi connectivity index (χ2n) is 16.2. The van der Waals surface area contributed by atoms with Gasteiger partial charge in [0.2, 0.25) is 0 Å². The van der Waals surface area contributed by atoms with Crippen LogP contribution < -0.4 is 0 Å². The standard InChI is InChI=1S/C58H35N3/c1-3-16-36(17-4-1)37-30-32-39(33-31-37)56-59-55(38-18-5-2-6-19-38)60-57(61-56)46-26-15-29-52-54(46)45-25-12-14-28-51(45)58(52)50-27-13-11-24-44(50)49-34-47-42-22-9-7-20-40(42)41-21-8-10-23-43(41)48(47)35-53(49)58/h1-35H. The van der Waals surface area contributed by atoms with Crippen LogP contribution in [0.5, 0.6) is 0 Å². The molecule has 0 bridgehead atoms. The highest BCUT2D eigenvalue weighted by molar-refractivity contribution is 6.26. The summed E-state index contributed by atoms with van der Waals surface area (Å²) in [7, 11) is 0. The molecule has 1 spiro atoms. The molecule has 3 heteroatoms. The van der Waals surface area contributed by atoms with Crippen LogP contribution >= 0.6 is 0 Å². The topological polar surface area (TPSA) is 38.7 Å². The largest absolute Gasteiger partial charge is 0.208 e. The SMILES string of the molecule is c1ccc(-c2ccc(-c3nc(-c4ccccc4)nc(-c4cccc5c4-c4ccccc4C54c5ccccc5-c5cc6c7ccccc7c7ccccc7c6cc54)n3)cc2)cc1. The van der Waals surface area contributed by atoms with E-state index in [1.54, 1.807) is 0 Å². The van der Waals surface area contributed by atoms with Crippen molar-refractivity contribution in [3.05, 3.63) is 235 Å². The van der Waals surface area contributed by atoms with Gasteiger partial charge in [-0.2, -0.15) is 0 Å². The maximum Gasteiger partial charge on any atom is 0.164 e. The average molecular weight is 774 g/mol. The summed E-state index contributed by atoms with van der Waals surface area (Å²) in [6.45, 7) is 0. The molecule has 0 aliphatic heterocycles. The first kappa shape index (κ1) is 33.9. The summed E-state index contributed by atoms with van der Waals surface area (Å²) in [4.78, 5) is 15.8. The van der Waals surface area contributed by atoms with Crippen molar-refractivity contribution in [3.8, 4) is 67.5 Å². The lowest BCUT2D eigenvalue weighted by molar-refractivity contribution is 0.795. The van der Waals surface area contributed by atoms with Crippen LogP contribution in [0.1, 0.15) is 22.3 Å². The Bertz CT molecular complexity index is 3580. The number of hydrogen-bond donors (Lipinski definition) is 0. The molecule has 3 nitrogen and oxygen atoms in total. The van der Waals surface area contributed by atoms with Crippen molar-refractivity contribution in [2.24, 2.45) is 0 Å². The smallest absolute Gasteiger partial charge is 0.164 e. The molecule has 13 rings (SSSR count). The molecule has 11 aromatic rings. The van der Waals surface area contributed by atoms with Crippen molar-refractivity contribution in [3.63, 3.8) is 0 Å². The summed E-state index contributed by atoms with van der Waals surface area (Å²) >= 11 is 0. The molecule has 0 saturated carbocycles. The molecule has 2 aliphatic carbocycles. The number of rotatable bonds is 4. The van der Waals surface area contributed by atoms with Crippen molar-refractivity contribution in [1.82, 2.24) is 15.0 Å². The van der Waals surface area contributed by atoms with Gasteiger partial charge in [0.1, 0.15) is 0 Å². The van der Waals surface area contributed by atoms with Gasteiger partial charge < -0.3 is 0 Å². The van der Waals surface area contributed by atoms with Gasteiger partial charge >= 0.3 is 0 Å². The Kier molecular flexibility index (Phi) is 7.22. The van der Waals surface area contributed by atoms with Crippen LogP contribution in [0, 0.1) is 0 Å².